The van der Waals surface area contributed by atoms with Gasteiger partial charge in [0.1, 0.15) is 46.0 Å². The van der Waals surface area contributed by atoms with Crippen LogP contribution in [-0.4, -0.2) is 26.7 Å². The summed E-state index contributed by atoms with van der Waals surface area (Å²) in [4.78, 5) is 13.8. The summed E-state index contributed by atoms with van der Waals surface area (Å²) in [5, 5.41) is 34.0. The largest absolute Gasteiger partial charge is 0.507 e. The zero-order valence-corrected chi connectivity index (χ0v) is 25.4. The van der Waals surface area contributed by atoms with Gasteiger partial charge in [0, 0.05) is 28.3 Å². The Morgan fingerprint density at radius 3 is 2.02 bits per heavy atom. The van der Waals surface area contributed by atoms with E-state index in [4.69, 9.17) is 9.47 Å². The van der Waals surface area contributed by atoms with E-state index in [1.807, 2.05) is 79.7 Å². The van der Waals surface area contributed by atoms with Crippen molar-refractivity contribution in [3.8, 4) is 28.7 Å². The van der Waals surface area contributed by atoms with Crippen LogP contribution in [0.25, 0.3) is 6.08 Å². The lowest BCUT2D eigenvalue weighted by molar-refractivity contribution is 0.0838. The molecule has 3 N–H and O–H groups in total. The number of rotatable bonds is 7. The van der Waals surface area contributed by atoms with Crippen LogP contribution in [0.3, 0.4) is 0 Å². The summed E-state index contributed by atoms with van der Waals surface area (Å²) in [6, 6.07) is 1.59. The lowest BCUT2D eigenvalue weighted by Crippen LogP contribution is -2.28. The lowest BCUT2D eigenvalue weighted by Gasteiger charge is -2.33. The SMILES string of the molecule is CC(C)=CCc1c(O)c(CC=C(C)C)c2c(c1O)C(=O)CC(c1c(O)cc3c(c1CC=C(C)C)C=CC(C)(C)O3)O2. The van der Waals surface area contributed by atoms with Crippen molar-refractivity contribution in [1.29, 1.82) is 0 Å². The number of ketones is 1. The molecule has 2 aliphatic rings. The molecule has 4 rings (SSSR count). The second-order valence-corrected chi connectivity index (χ2v) is 12.3. The topological polar surface area (TPSA) is 96.2 Å². The van der Waals surface area contributed by atoms with Gasteiger partial charge in [-0.05, 0) is 86.3 Å². The highest BCUT2D eigenvalue weighted by atomic mass is 16.5. The number of fused-ring (bicyclic) bond motifs is 2. The maximum atomic E-state index is 13.8. The number of carbonyl (C=O) groups is 1. The molecule has 41 heavy (non-hydrogen) atoms. The molecule has 0 spiro atoms. The number of phenols is 3. The van der Waals surface area contributed by atoms with Gasteiger partial charge in [0.25, 0.3) is 0 Å². The van der Waals surface area contributed by atoms with Crippen molar-refractivity contribution in [3.63, 3.8) is 0 Å². The molecule has 6 nitrogen and oxygen atoms in total. The molecule has 2 aliphatic heterocycles. The van der Waals surface area contributed by atoms with Gasteiger partial charge in [0.2, 0.25) is 0 Å². The second-order valence-electron chi connectivity index (χ2n) is 12.3. The third-order valence-corrected chi connectivity index (χ3v) is 7.45. The normalized spacial score (nSPS) is 16.6. The Labute approximate surface area is 243 Å². The molecule has 0 saturated carbocycles. The summed E-state index contributed by atoms with van der Waals surface area (Å²) >= 11 is 0. The van der Waals surface area contributed by atoms with Gasteiger partial charge in [0.15, 0.2) is 5.78 Å². The molecule has 0 amide bonds. The number of aromatic hydroxyl groups is 3. The quantitative estimate of drug-likeness (QED) is 0.296. The Kier molecular flexibility index (Phi) is 8.44. The predicted molar refractivity (Wildman–Crippen MR) is 163 cm³/mol. The molecule has 2 heterocycles. The molecule has 0 aliphatic carbocycles. The molecular formula is C35H42O6. The van der Waals surface area contributed by atoms with Gasteiger partial charge in [0.05, 0.1) is 6.42 Å². The Morgan fingerprint density at radius 2 is 1.44 bits per heavy atom. The van der Waals surface area contributed by atoms with Crippen LogP contribution in [0.1, 0.15) is 106 Å². The first kappa shape index (κ1) is 30.0. The molecule has 6 heteroatoms. The van der Waals surface area contributed by atoms with Crippen LogP contribution in [0.5, 0.6) is 28.7 Å². The zero-order chi connectivity index (χ0) is 30.2. The molecule has 0 saturated heterocycles. The Balaban J connectivity index is 1.92. The molecule has 218 valence electrons. The van der Waals surface area contributed by atoms with Crippen molar-refractivity contribution in [2.24, 2.45) is 0 Å². The van der Waals surface area contributed by atoms with E-state index in [2.05, 4.69) is 6.08 Å². The van der Waals surface area contributed by atoms with Crippen LogP contribution in [0.2, 0.25) is 0 Å². The van der Waals surface area contributed by atoms with E-state index in [0.29, 0.717) is 35.3 Å². The Morgan fingerprint density at radius 1 is 0.878 bits per heavy atom. The number of benzene rings is 2. The van der Waals surface area contributed by atoms with E-state index < -0.39 is 11.7 Å². The van der Waals surface area contributed by atoms with E-state index in [-0.39, 0.29) is 47.2 Å². The standard InChI is InChI=1S/C35H42O6/c1-19(2)9-12-23-22-15-16-35(7,8)41-28(22)17-26(36)30(23)29-18-27(37)31-33(39)24(13-10-20(3)4)32(38)25(34(31)40-29)14-11-21(5)6/h9-11,15-17,29,36,38-39H,12-14,18H2,1-8H3. The highest BCUT2D eigenvalue weighted by molar-refractivity contribution is 6.04. The highest BCUT2D eigenvalue weighted by Gasteiger charge is 2.38. The maximum absolute atomic E-state index is 13.8. The molecular weight excluding hydrogens is 516 g/mol. The van der Waals surface area contributed by atoms with Crippen LogP contribution in [-0.2, 0) is 19.3 Å². The van der Waals surface area contributed by atoms with Crippen molar-refractivity contribution in [2.45, 2.75) is 92.8 Å². The summed E-state index contributed by atoms with van der Waals surface area (Å²) in [5.41, 5.74) is 5.66. The van der Waals surface area contributed by atoms with E-state index in [1.54, 1.807) is 6.07 Å². The average molecular weight is 559 g/mol. The van der Waals surface area contributed by atoms with Gasteiger partial charge in [-0.15, -0.1) is 0 Å². The Bertz CT molecular complexity index is 1500. The fourth-order valence-electron chi connectivity index (χ4n) is 5.29. The third-order valence-electron chi connectivity index (χ3n) is 7.45. The average Bonchev–Trinajstić information content (AvgIpc) is 2.85. The molecule has 0 radical (unpaired) electrons. The van der Waals surface area contributed by atoms with E-state index in [1.165, 1.54) is 0 Å². The van der Waals surface area contributed by atoms with Crippen LogP contribution >= 0.6 is 0 Å². The van der Waals surface area contributed by atoms with Crippen molar-refractivity contribution in [2.75, 3.05) is 0 Å². The first-order valence-electron chi connectivity index (χ1n) is 14.2. The second kappa shape index (κ2) is 11.5. The summed E-state index contributed by atoms with van der Waals surface area (Å²) < 4.78 is 12.7. The van der Waals surface area contributed by atoms with E-state index >= 15 is 0 Å². The fourth-order valence-corrected chi connectivity index (χ4v) is 5.29. The molecule has 0 fully saturated rings. The first-order chi connectivity index (χ1) is 19.2. The van der Waals surface area contributed by atoms with Crippen LogP contribution in [0.4, 0.5) is 0 Å². The number of allylic oxidation sites excluding steroid dienone is 6. The van der Waals surface area contributed by atoms with Gasteiger partial charge in [-0.1, -0.05) is 41.0 Å². The minimum atomic E-state index is -0.822. The number of carbonyl (C=O) groups excluding carboxylic acids is 1. The predicted octanol–water partition coefficient (Wildman–Crippen LogP) is 8.22. The molecule has 1 atom stereocenters. The number of Topliss-reactive ketones (excluding diaryl/α,β-unsaturated/α-hetero) is 1. The minimum absolute atomic E-state index is 0.0206. The molecule has 0 aromatic heterocycles. The van der Waals surface area contributed by atoms with E-state index in [0.717, 1.165) is 27.8 Å². The summed E-state index contributed by atoms with van der Waals surface area (Å²) in [7, 11) is 0. The highest BCUT2D eigenvalue weighted by Crippen LogP contribution is 2.51. The van der Waals surface area contributed by atoms with Gasteiger partial charge < -0.3 is 24.8 Å². The smallest absolute Gasteiger partial charge is 0.174 e. The summed E-state index contributed by atoms with van der Waals surface area (Å²) in [5.74, 6) is 0.0801. The third kappa shape index (κ3) is 6.22. The fraction of sp³-hybridized carbons (Fsp3) is 0.400. The molecule has 2 aromatic rings. The number of hydrogen-bond acceptors (Lipinski definition) is 6. The van der Waals surface area contributed by atoms with Crippen molar-refractivity contribution in [1.82, 2.24) is 0 Å². The van der Waals surface area contributed by atoms with Crippen molar-refractivity contribution >= 4 is 11.9 Å². The number of ether oxygens (including phenoxy) is 2. The minimum Gasteiger partial charge on any atom is -0.507 e. The van der Waals surface area contributed by atoms with Crippen LogP contribution in [0, 0.1) is 0 Å². The van der Waals surface area contributed by atoms with Gasteiger partial charge >= 0.3 is 0 Å². The molecule has 1 unspecified atom stereocenters. The van der Waals surface area contributed by atoms with Gasteiger partial charge in [-0.2, -0.15) is 0 Å². The van der Waals surface area contributed by atoms with E-state index in [9.17, 15) is 20.1 Å². The lowest BCUT2D eigenvalue weighted by atomic mass is 9.85. The van der Waals surface area contributed by atoms with Crippen molar-refractivity contribution in [3.05, 3.63) is 80.5 Å². The molecule has 0 bridgehead atoms. The van der Waals surface area contributed by atoms with Gasteiger partial charge in [-0.25, -0.2) is 0 Å². The number of hydrogen-bond donors (Lipinski definition) is 3. The first-order valence-corrected chi connectivity index (χ1v) is 14.2. The Hall–Kier alpha value is -3.93. The maximum Gasteiger partial charge on any atom is 0.174 e. The van der Waals surface area contributed by atoms with Crippen LogP contribution in [0.15, 0.2) is 47.1 Å². The summed E-state index contributed by atoms with van der Waals surface area (Å²) in [6.07, 6.45) is 10.1. The number of phenolic OH excluding ortho intramolecular Hbond substituents is 3. The van der Waals surface area contributed by atoms with Gasteiger partial charge in [-0.3, -0.25) is 4.79 Å². The van der Waals surface area contributed by atoms with Crippen molar-refractivity contribution < 1.29 is 29.6 Å². The van der Waals surface area contributed by atoms with Crippen LogP contribution < -0.4 is 9.47 Å². The zero-order valence-electron chi connectivity index (χ0n) is 25.4. The molecule has 2 aromatic carbocycles. The monoisotopic (exact) mass is 558 g/mol. The summed E-state index contributed by atoms with van der Waals surface area (Å²) in [6.45, 7) is 15.7.